The number of non-ortho nitro benzene ring substituents is 1. The van der Waals surface area contributed by atoms with Crippen LogP contribution in [0.5, 0.6) is 0 Å². The first-order valence-electron chi connectivity index (χ1n) is 6.13. The zero-order chi connectivity index (χ0) is 15.4. The maximum atomic E-state index is 11.2. The molecule has 0 heterocycles. The molecule has 21 heavy (non-hydrogen) atoms. The number of aliphatic hydroxyl groups excluding tert-OH is 1. The number of carbonyl (C=O) groups is 1. The Morgan fingerprint density at radius 1 is 1.43 bits per heavy atom. The zero-order valence-electron chi connectivity index (χ0n) is 11.2. The van der Waals surface area contributed by atoms with Crippen LogP contribution in [0.25, 0.3) is 5.57 Å². The predicted molar refractivity (Wildman–Crippen MR) is 76.7 cm³/mol. The molecule has 0 fully saturated rings. The SMILES string of the molecule is COC1=CC=CC(O)C=C1c1ccc([N+](=O)[O-])cc1C=O. The van der Waals surface area contributed by atoms with Gasteiger partial charge >= 0.3 is 0 Å². The van der Waals surface area contributed by atoms with Gasteiger partial charge < -0.3 is 9.84 Å². The molecule has 0 aliphatic heterocycles. The van der Waals surface area contributed by atoms with Crippen molar-refractivity contribution in [3.63, 3.8) is 0 Å². The van der Waals surface area contributed by atoms with Crippen molar-refractivity contribution in [3.8, 4) is 0 Å². The lowest BCUT2D eigenvalue weighted by molar-refractivity contribution is -0.384. The summed E-state index contributed by atoms with van der Waals surface area (Å²) in [6.45, 7) is 0. The summed E-state index contributed by atoms with van der Waals surface area (Å²) >= 11 is 0. The van der Waals surface area contributed by atoms with Crippen LogP contribution in [0, 0.1) is 10.1 Å². The predicted octanol–water partition coefficient (Wildman–Crippen LogP) is 2.25. The first-order valence-corrected chi connectivity index (χ1v) is 6.13. The van der Waals surface area contributed by atoms with E-state index in [1.165, 1.54) is 31.4 Å². The summed E-state index contributed by atoms with van der Waals surface area (Å²) in [6, 6.07) is 3.97. The van der Waals surface area contributed by atoms with Crippen molar-refractivity contribution in [2.24, 2.45) is 0 Å². The van der Waals surface area contributed by atoms with Crippen LogP contribution in [0.2, 0.25) is 0 Å². The number of benzene rings is 1. The molecule has 6 nitrogen and oxygen atoms in total. The fourth-order valence-electron chi connectivity index (χ4n) is 2.06. The Bertz CT molecular complexity index is 673. The molecule has 1 aliphatic rings. The molecule has 1 atom stereocenters. The monoisotopic (exact) mass is 287 g/mol. The number of hydrogen-bond donors (Lipinski definition) is 1. The Balaban J connectivity index is 2.59. The molecule has 0 bridgehead atoms. The molecule has 0 spiro atoms. The normalized spacial score (nSPS) is 17.5. The molecule has 1 aromatic carbocycles. The number of nitro benzene ring substituents is 1. The molecule has 0 saturated carbocycles. The summed E-state index contributed by atoms with van der Waals surface area (Å²) in [7, 11) is 1.47. The molecule has 1 aliphatic carbocycles. The van der Waals surface area contributed by atoms with Gasteiger partial charge in [0.1, 0.15) is 5.76 Å². The number of aldehydes is 1. The van der Waals surface area contributed by atoms with Gasteiger partial charge in [-0.05, 0) is 23.8 Å². The van der Waals surface area contributed by atoms with E-state index in [4.69, 9.17) is 4.74 Å². The van der Waals surface area contributed by atoms with Gasteiger partial charge in [-0.3, -0.25) is 14.9 Å². The highest BCUT2D eigenvalue weighted by Crippen LogP contribution is 2.30. The van der Waals surface area contributed by atoms with Crippen molar-refractivity contribution in [2.75, 3.05) is 7.11 Å². The molecule has 0 saturated heterocycles. The van der Waals surface area contributed by atoms with Crippen molar-refractivity contribution in [2.45, 2.75) is 6.10 Å². The smallest absolute Gasteiger partial charge is 0.270 e. The fraction of sp³-hybridized carbons (Fsp3) is 0.133. The van der Waals surface area contributed by atoms with Crippen molar-refractivity contribution >= 4 is 17.5 Å². The molecule has 0 aromatic heterocycles. The number of allylic oxidation sites excluding steroid dienone is 3. The van der Waals surface area contributed by atoms with Crippen LogP contribution < -0.4 is 0 Å². The van der Waals surface area contributed by atoms with E-state index in [-0.39, 0.29) is 11.3 Å². The van der Waals surface area contributed by atoms with E-state index in [9.17, 15) is 20.0 Å². The van der Waals surface area contributed by atoms with Gasteiger partial charge in [-0.15, -0.1) is 0 Å². The van der Waals surface area contributed by atoms with Gasteiger partial charge in [-0.2, -0.15) is 0 Å². The highest BCUT2D eigenvalue weighted by molar-refractivity contribution is 5.91. The number of carbonyl (C=O) groups excluding carboxylic acids is 1. The average Bonchev–Trinajstić information content (AvgIpc) is 2.67. The summed E-state index contributed by atoms with van der Waals surface area (Å²) in [6.07, 6.45) is 6.07. The summed E-state index contributed by atoms with van der Waals surface area (Å²) in [5, 5.41) is 20.6. The highest BCUT2D eigenvalue weighted by atomic mass is 16.6. The first kappa shape index (κ1) is 14.7. The van der Waals surface area contributed by atoms with Gasteiger partial charge in [-0.1, -0.05) is 12.2 Å². The Morgan fingerprint density at radius 3 is 2.81 bits per heavy atom. The molecule has 108 valence electrons. The molecule has 0 amide bonds. The minimum atomic E-state index is -0.835. The lowest BCUT2D eigenvalue weighted by Crippen LogP contribution is -2.02. The van der Waals surface area contributed by atoms with Crippen LogP contribution in [0.3, 0.4) is 0 Å². The van der Waals surface area contributed by atoms with Crippen LogP contribution in [-0.4, -0.2) is 29.5 Å². The lowest BCUT2D eigenvalue weighted by Gasteiger charge is -2.13. The van der Waals surface area contributed by atoms with Crippen molar-refractivity contribution in [1.82, 2.24) is 0 Å². The number of methoxy groups -OCH3 is 1. The summed E-state index contributed by atoms with van der Waals surface area (Å²) in [5.41, 5.74) is 0.961. The van der Waals surface area contributed by atoms with Crippen LogP contribution in [0.1, 0.15) is 15.9 Å². The maximum absolute atomic E-state index is 11.2. The van der Waals surface area contributed by atoms with Gasteiger partial charge in [0.15, 0.2) is 6.29 Å². The van der Waals surface area contributed by atoms with Crippen LogP contribution in [0.15, 0.2) is 48.3 Å². The summed E-state index contributed by atoms with van der Waals surface area (Å²) < 4.78 is 5.24. The van der Waals surface area contributed by atoms with Crippen molar-refractivity contribution in [3.05, 3.63) is 69.5 Å². The van der Waals surface area contributed by atoms with Gasteiger partial charge in [0.2, 0.25) is 0 Å². The zero-order valence-corrected chi connectivity index (χ0v) is 11.2. The molecule has 2 rings (SSSR count). The minimum Gasteiger partial charge on any atom is -0.496 e. The molecule has 1 aromatic rings. The Hall–Kier alpha value is -2.73. The topological polar surface area (TPSA) is 89.7 Å². The Morgan fingerprint density at radius 2 is 2.19 bits per heavy atom. The summed E-state index contributed by atoms with van der Waals surface area (Å²) in [5.74, 6) is 0.458. The number of nitro groups is 1. The molecular weight excluding hydrogens is 274 g/mol. The van der Waals surface area contributed by atoms with E-state index in [2.05, 4.69) is 0 Å². The van der Waals surface area contributed by atoms with E-state index in [0.717, 1.165) is 0 Å². The highest BCUT2D eigenvalue weighted by Gasteiger charge is 2.18. The lowest BCUT2D eigenvalue weighted by atomic mass is 9.97. The number of hydrogen-bond acceptors (Lipinski definition) is 5. The van der Waals surface area contributed by atoms with Gasteiger partial charge in [0.05, 0.1) is 18.1 Å². The van der Waals surface area contributed by atoms with E-state index in [1.54, 1.807) is 18.2 Å². The quantitative estimate of drug-likeness (QED) is 0.521. The Labute approximate surface area is 120 Å². The standard InChI is InChI=1S/C15H13NO5/c1-21-15-4-2-3-12(18)8-14(15)13-6-5-11(16(19)20)7-10(13)9-17/h2-9,12,18H,1H3. The van der Waals surface area contributed by atoms with Gasteiger partial charge in [0, 0.05) is 23.3 Å². The van der Waals surface area contributed by atoms with Crippen LogP contribution in [-0.2, 0) is 4.74 Å². The Kier molecular flexibility index (Phi) is 4.30. The van der Waals surface area contributed by atoms with E-state index in [0.29, 0.717) is 23.2 Å². The molecule has 0 radical (unpaired) electrons. The molecule has 1 N–H and O–H groups in total. The second kappa shape index (κ2) is 6.15. The number of ether oxygens (including phenoxy) is 1. The van der Waals surface area contributed by atoms with Gasteiger partial charge in [0.25, 0.3) is 5.69 Å². The third kappa shape index (κ3) is 3.06. The molecular formula is C15H13NO5. The average molecular weight is 287 g/mol. The molecule has 1 unspecified atom stereocenters. The first-order chi connectivity index (χ1) is 10.1. The minimum absolute atomic E-state index is 0.160. The second-order valence-corrected chi connectivity index (χ2v) is 4.34. The number of aliphatic hydroxyl groups is 1. The van der Waals surface area contributed by atoms with Crippen LogP contribution in [0.4, 0.5) is 5.69 Å². The van der Waals surface area contributed by atoms with E-state index >= 15 is 0 Å². The summed E-state index contributed by atoms with van der Waals surface area (Å²) in [4.78, 5) is 21.4. The van der Waals surface area contributed by atoms with E-state index in [1.807, 2.05) is 0 Å². The second-order valence-electron chi connectivity index (χ2n) is 4.34. The van der Waals surface area contributed by atoms with Crippen LogP contribution >= 0.6 is 0 Å². The number of rotatable bonds is 4. The van der Waals surface area contributed by atoms with E-state index < -0.39 is 11.0 Å². The maximum Gasteiger partial charge on any atom is 0.270 e. The molecule has 6 heteroatoms. The fourth-order valence-corrected chi connectivity index (χ4v) is 2.06. The third-order valence-corrected chi connectivity index (χ3v) is 3.04. The van der Waals surface area contributed by atoms with Gasteiger partial charge in [-0.25, -0.2) is 0 Å². The number of nitrogens with zero attached hydrogens (tertiary/aromatic N) is 1. The third-order valence-electron chi connectivity index (χ3n) is 3.04. The van der Waals surface area contributed by atoms with Crippen molar-refractivity contribution < 1.29 is 19.6 Å². The largest absolute Gasteiger partial charge is 0.496 e. The van der Waals surface area contributed by atoms with Crippen molar-refractivity contribution in [1.29, 1.82) is 0 Å².